The minimum Gasteiger partial charge on any atom is -0.493 e. The maximum atomic E-state index is 12.8. The van der Waals surface area contributed by atoms with Gasteiger partial charge in [0.25, 0.3) is 0 Å². The highest BCUT2D eigenvalue weighted by atomic mass is 79.9. The Kier molecular flexibility index (Phi) is 7.70. The first-order valence-electron chi connectivity index (χ1n) is 10.8. The smallest absolute Gasteiger partial charge is 0.365 e. The number of methoxy groups -OCH3 is 4. The molecular formula is C27H23BrN2O6. The van der Waals surface area contributed by atoms with Crippen LogP contribution in [0, 0.1) is 0 Å². The Morgan fingerprint density at radius 2 is 1.47 bits per heavy atom. The second-order valence-corrected chi connectivity index (χ2v) is 8.40. The lowest BCUT2D eigenvalue weighted by Crippen LogP contribution is -2.11. The molecule has 0 bridgehead atoms. The van der Waals surface area contributed by atoms with Gasteiger partial charge >= 0.3 is 5.97 Å². The number of nitrogens with zero attached hydrogens (tertiary/aromatic N) is 2. The minimum absolute atomic E-state index is 0.317. The Hall–Kier alpha value is -4.11. The van der Waals surface area contributed by atoms with E-state index in [4.69, 9.17) is 23.8 Å². The molecule has 0 unspecified atom stereocenters. The van der Waals surface area contributed by atoms with Crippen molar-refractivity contribution in [3.05, 3.63) is 88.2 Å². The van der Waals surface area contributed by atoms with E-state index in [1.165, 1.54) is 0 Å². The topological polar surface area (TPSA) is 88.5 Å². The molecule has 0 spiro atoms. The van der Waals surface area contributed by atoms with Crippen LogP contribution < -0.4 is 18.9 Å². The normalized spacial score (nSPS) is 11.2. The van der Waals surface area contributed by atoms with Crippen molar-refractivity contribution in [1.82, 2.24) is 4.98 Å². The zero-order valence-corrected chi connectivity index (χ0v) is 21.7. The summed E-state index contributed by atoms with van der Waals surface area (Å²) in [4.78, 5) is 22.8. The predicted octanol–water partition coefficient (Wildman–Crippen LogP) is 5.64. The molecule has 4 aromatic rings. The van der Waals surface area contributed by atoms with Crippen molar-refractivity contribution in [2.75, 3.05) is 28.4 Å². The Balaban J connectivity index is 1.89. The standard InChI is InChI=1S/C27H23BrN2O6/c1-32-21-9-8-17(14-22(21)33-2)25(30-36-27(31)18-6-5-7-19(28)12-18)26-20-15-24(35-4)23(34-3)13-16(20)10-11-29-26/h5-15H,1-4H3/b30-25-. The Bertz CT molecular complexity index is 1450. The summed E-state index contributed by atoms with van der Waals surface area (Å²) < 4.78 is 22.5. The van der Waals surface area contributed by atoms with Crippen LogP contribution in [0.3, 0.4) is 0 Å². The molecule has 0 aliphatic heterocycles. The van der Waals surface area contributed by atoms with Gasteiger partial charge in [0, 0.05) is 21.6 Å². The lowest BCUT2D eigenvalue weighted by Gasteiger charge is -2.14. The van der Waals surface area contributed by atoms with Crippen molar-refractivity contribution in [3.8, 4) is 23.0 Å². The number of rotatable bonds is 8. The number of halogens is 1. The predicted molar refractivity (Wildman–Crippen MR) is 140 cm³/mol. The first-order valence-corrected chi connectivity index (χ1v) is 11.6. The number of carbonyl (C=O) groups is 1. The number of benzene rings is 3. The minimum atomic E-state index is -0.617. The zero-order valence-electron chi connectivity index (χ0n) is 20.1. The van der Waals surface area contributed by atoms with Crippen LogP contribution in [0.4, 0.5) is 0 Å². The number of hydrogen-bond acceptors (Lipinski definition) is 8. The fourth-order valence-corrected chi connectivity index (χ4v) is 4.06. The summed E-state index contributed by atoms with van der Waals surface area (Å²) in [6, 6.07) is 17.6. The molecule has 3 aromatic carbocycles. The van der Waals surface area contributed by atoms with Crippen molar-refractivity contribution in [2.24, 2.45) is 5.16 Å². The average molecular weight is 551 g/mol. The second-order valence-electron chi connectivity index (χ2n) is 7.49. The van der Waals surface area contributed by atoms with Crippen molar-refractivity contribution in [1.29, 1.82) is 0 Å². The molecule has 8 nitrogen and oxygen atoms in total. The van der Waals surface area contributed by atoms with Gasteiger partial charge < -0.3 is 23.8 Å². The molecule has 4 rings (SSSR count). The molecule has 0 aliphatic rings. The molecule has 0 atom stereocenters. The van der Waals surface area contributed by atoms with E-state index in [1.807, 2.05) is 24.3 Å². The third-order valence-corrected chi connectivity index (χ3v) is 5.92. The van der Waals surface area contributed by atoms with Crippen molar-refractivity contribution < 1.29 is 28.6 Å². The molecule has 184 valence electrons. The number of aromatic nitrogens is 1. The van der Waals surface area contributed by atoms with Crippen LogP contribution in [-0.4, -0.2) is 45.1 Å². The highest BCUT2D eigenvalue weighted by Gasteiger charge is 2.19. The summed E-state index contributed by atoms with van der Waals surface area (Å²) in [5.41, 5.74) is 1.74. The quantitative estimate of drug-likeness (QED) is 0.159. The van der Waals surface area contributed by atoms with Crippen LogP contribution in [-0.2, 0) is 4.84 Å². The van der Waals surface area contributed by atoms with Crippen LogP contribution in [0.2, 0.25) is 0 Å². The van der Waals surface area contributed by atoms with Gasteiger partial charge in [-0.2, -0.15) is 0 Å². The van der Waals surface area contributed by atoms with E-state index in [-0.39, 0.29) is 0 Å². The number of pyridine rings is 1. The average Bonchev–Trinajstić information content (AvgIpc) is 2.92. The van der Waals surface area contributed by atoms with Crippen LogP contribution >= 0.6 is 15.9 Å². The van der Waals surface area contributed by atoms with Crippen LogP contribution in [0.1, 0.15) is 21.6 Å². The van der Waals surface area contributed by atoms with E-state index in [0.717, 1.165) is 15.2 Å². The molecule has 0 fully saturated rings. The molecule has 36 heavy (non-hydrogen) atoms. The van der Waals surface area contributed by atoms with E-state index in [9.17, 15) is 4.79 Å². The molecule has 0 saturated carbocycles. The lowest BCUT2D eigenvalue weighted by molar-refractivity contribution is 0.0517. The molecule has 0 N–H and O–H groups in total. The van der Waals surface area contributed by atoms with Gasteiger partial charge in [-0.15, -0.1) is 0 Å². The van der Waals surface area contributed by atoms with Crippen molar-refractivity contribution >= 4 is 38.4 Å². The van der Waals surface area contributed by atoms with Crippen LogP contribution in [0.25, 0.3) is 10.8 Å². The van der Waals surface area contributed by atoms with Gasteiger partial charge in [-0.25, -0.2) is 4.79 Å². The number of ether oxygens (including phenoxy) is 4. The summed E-state index contributed by atoms with van der Waals surface area (Å²) >= 11 is 3.36. The van der Waals surface area contributed by atoms with E-state index in [1.54, 1.807) is 71.0 Å². The summed E-state index contributed by atoms with van der Waals surface area (Å²) in [6.45, 7) is 0. The summed E-state index contributed by atoms with van der Waals surface area (Å²) in [6.07, 6.45) is 1.65. The molecule has 0 aliphatic carbocycles. The van der Waals surface area contributed by atoms with Gasteiger partial charge in [0.15, 0.2) is 23.0 Å². The SMILES string of the molecule is COc1ccc(/C(=N/OC(=O)c2cccc(Br)c2)c2nccc3cc(OC)c(OC)cc23)cc1OC. The maximum Gasteiger partial charge on any atom is 0.365 e. The monoisotopic (exact) mass is 550 g/mol. The first-order chi connectivity index (χ1) is 17.5. The third kappa shape index (κ3) is 5.11. The molecule has 0 amide bonds. The fraction of sp³-hybridized carbons (Fsp3) is 0.148. The van der Waals surface area contributed by atoms with Gasteiger partial charge in [0.2, 0.25) is 0 Å². The van der Waals surface area contributed by atoms with Crippen molar-refractivity contribution in [3.63, 3.8) is 0 Å². The van der Waals surface area contributed by atoms with Gasteiger partial charge in [-0.3, -0.25) is 4.98 Å². The van der Waals surface area contributed by atoms with Gasteiger partial charge in [0.1, 0.15) is 11.4 Å². The number of carbonyl (C=O) groups excluding carboxylic acids is 1. The highest BCUT2D eigenvalue weighted by molar-refractivity contribution is 9.10. The number of hydrogen-bond donors (Lipinski definition) is 0. The van der Waals surface area contributed by atoms with Gasteiger partial charge in [-0.1, -0.05) is 27.2 Å². The van der Waals surface area contributed by atoms with E-state index >= 15 is 0 Å². The van der Waals surface area contributed by atoms with Gasteiger partial charge in [0.05, 0.1) is 34.0 Å². The maximum absolute atomic E-state index is 12.8. The van der Waals surface area contributed by atoms with E-state index in [0.29, 0.717) is 45.5 Å². The van der Waals surface area contributed by atoms with Crippen LogP contribution in [0.15, 0.2) is 76.5 Å². The summed E-state index contributed by atoms with van der Waals surface area (Å²) in [5, 5.41) is 5.83. The summed E-state index contributed by atoms with van der Waals surface area (Å²) in [5.74, 6) is 1.52. The Morgan fingerprint density at radius 1 is 0.778 bits per heavy atom. The molecule has 1 heterocycles. The van der Waals surface area contributed by atoms with E-state index in [2.05, 4.69) is 26.1 Å². The largest absolute Gasteiger partial charge is 0.493 e. The highest BCUT2D eigenvalue weighted by Crippen LogP contribution is 2.35. The first kappa shape index (κ1) is 25.0. The third-order valence-electron chi connectivity index (χ3n) is 5.43. The van der Waals surface area contributed by atoms with Gasteiger partial charge in [-0.05, 0) is 60.0 Å². The number of fused-ring (bicyclic) bond motifs is 1. The van der Waals surface area contributed by atoms with E-state index < -0.39 is 5.97 Å². The second kappa shape index (κ2) is 11.1. The molecule has 0 saturated heterocycles. The summed E-state index contributed by atoms with van der Waals surface area (Å²) in [7, 11) is 6.23. The lowest BCUT2D eigenvalue weighted by atomic mass is 10.0. The van der Waals surface area contributed by atoms with Crippen molar-refractivity contribution in [2.45, 2.75) is 0 Å². The fourth-order valence-electron chi connectivity index (χ4n) is 3.66. The molecular weight excluding hydrogens is 528 g/mol. The number of oxime groups is 1. The van der Waals surface area contributed by atoms with Crippen LogP contribution in [0.5, 0.6) is 23.0 Å². The molecule has 1 aromatic heterocycles. The molecule has 0 radical (unpaired) electrons. The Morgan fingerprint density at radius 3 is 2.17 bits per heavy atom. The molecule has 9 heteroatoms. The zero-order chi connectivity index (χ0) is 25.7. The Labute approximate surface area is 216 Å².